The van der Waals surface area contributed by atoms with Crippen LogP contribution in [0.5, 0.6) is 5.75 Å². The van der Waals surface area contributed by atoms with Gasteiger partial charge in [0.25, 0.3) is 0 Å². The van der Waals surface area contributed by atoms with E-state index in [2.05, 4.69) is 5.10 Å². The van der Waals surface area contributed by atoms with Crippen LogP contribution in [0.15, 0.2) is 50.8 Å². The van der Waals surface area contributed by atoms with Crippen LogP contribution in [0.4, 0.5) is 0 Å². The zero-order valence-electron chi connectivity index (χ0n) is 13.9. The van der Waals surface area contributed by atoms with Crippen molar-refractivity contribution in [1.82, 2.24) is 18.7 Å². The molecule has 3 aromatic rings. The molecule has 0 radical (unpaired) electrons. The number of rotatable bonds is 4. The zero-order valence-corrected chi connectivity index (χ0v) is 15.5. The van der Waals surface area contributed by atoms with E-state index in [1.807, 2.05) is 0 Å². The van der Waals surface area contributed by atoms with Gasteiger partial charge in [0, 0.05) is 12.6 Å². The van der Waals surface area contributed by atoms with Gasteiger partial charge in [0.1, 0.15) is 12.3 Å². The number of benzene rings is 1. The van der Waals surface area contributed by atoms with E-state index in [-0.39, 0.29) is 25.3 Å². The summed E-state index contributed by atoms with van der Waals surface area (Å²) in [6, 6.07) is 10.2. The summed E-state index contributed by atoms with van der Waals surface area (Å²) in [6.07, 6.45) is 0. The van der Waals surface area contributed by atoms with E-state index in [0.29, 0.717) is 21.5 Å². The molecule has 8 nitrogen and oxygen atoms in total. The second-order valence-corrected chi connectivity index (χ2v) is 8.84. The lowest BCUT2D eigenvalue weighted by molar-refractivity contribution is 0.301. The molecule has 1 aromatic carbocycles. The summed E-state index contributed by atoms with van der Waals surface area (Å²) in [5.41, 5.74) is 0.323. The smallest absolute Gasteiger partial charge is 0.350 e. The molecule has 0 N–H and O–H groups in total. The highest BCUT2D eigenvalue weighted by atomic mass is 32.3. The maximum Gasteiger partial charge on any atom is 0.350 e. The molecule has 3 heterocycles. The predicted molar refractivity (Wildman–Crippen MR) is 96.2 cm³/mol. The van der Waals surface area contributed by atoms with Crippen LogP contribution in [0.25, 0.3) is 5.69 Å². The maximum atomic E-state index is 12.7. The van der Waals surface area contributed by atoms with Crippen LogP contribution in [0.3, 0.4) is 0 Å². The fraction of sp³-hybridized carbons (Fsp3) is 0.250. The fourth-order valence-electron chi connectivity index (χ4n) is 2.86. The molecule has 0 aliphatic carbocycles. The van der Waals surface area contributed by atoms with E-state index in [9.17, 15) is 13.6 Å². The van der Waals surface area contributed by atoms with Crippen molar-refractivity contribution in [1.29, 1.82) is 0 Å². The Morgan fingerprint density at radius 2 is 2.00 bits per heavy atom. The minimum atomic E-state index is -3.57. The van der Waals surface area contributed by atoms with Crippen LogP contribution in [0.2, 0.25) is 0 Å². The van der Waals surface area contributed by atoms with E-state index >= 15 is 0 Å². The normalized spacial score (nSPS) is 16.8. The lowest BCUT2D eigenvalue weighted by atomic mass is 10.3. The lowest BCUT2D eigenvalue weighted by Gasteiger charge is -2.28. The molecule has 1 aliphatic rings. The van der Waals surface area contributed by atoms with Gasteiger partial charge >= 0.3 is 5.69 Å². The first-order valence-electron chi connectivity index (χ1n) is 7.87. The molecule has 0 bridgehead atoms. The Kier molecular flexibility index (Phi) is 4.27. The Balaban J connectivity index is 1.66. The van der Waals surface area contributed by atoms with Gasteiger partial charge in [-0.3, -0.25) is 4.57 Å². The Bertz CT molecular complexity index is 1020. The number of sulfonamides is 1. The quantitative estimate of drug-likeness (QED) is 0.628. The zero-order chi connectivity index (χ0) is 18.3. The van der Waals surface area contributed by atoms with Gasteiger partial charge < -0.3 is 9.29 Å². The average molecular weight is 392 g/mol. The van der Waals surface area contributed by atoms with Crippen molar-refractivity contribution >= 4 is 21.7 Å². The van der Waals surface area contributed by atoms with Gasteiger partial charge in [0.2, 0.25) is 4.21 Å². The van der Waals surface area contributed by atoms with Crippen LogP contribution in [0.1, 0.15) is 5.82 Å². The number of fused-ring (bicyclic) bond motifs is 1. The van der Waals surface area contributed by atoms with Gasteiger partial charge in [-0.15, -0.1) is 9.40 Å². The van der Waals surface area contributed by atoms with Crippen LogP contribution in [0, 0.1) is 0 Å². The van der Waals surface area contributed by atoms with Crippen LogP contribution >= 0.6 is 11.3 Å². The Labute approximate surface area is 154 Å². The molecule has 136 valence electrons. The van der Waals surface area contributed by atoms with Crippen molar-refractivity contribution < 1.29 is 13.5 Å². The minimum absolute atomic E-state index is 0.0681. The summed E-state index contributed by atoms with van der Waals surface area (Å²) >= 11 is 1.18. The van der Waals surface area contributed by atoms with Crippen molar-refractivity contribution in [3.05, 3.63) is 58.1 Å². The number of hydrogen-bond donors (Lipinski definition) is 0. The van der Waals surface area contributed by atoms with Crippen molar-refractivity contribution in [2.45, 2.75) is 17.3 Å². The Hall–Kier alpha value is -2.27. The number of methoxy groups -OCH3 is 1. The molecule has 1 aliphatic heterocycles. The van der Waals surface area contributed by atoms with E-state index in [0.717, 1.165) is 0 Å². The van der Waals surface area contributed by atoms with Crippen molar-refractivity contribution in [2.75, 3.05) is 13.7 Å². The third-order valence-electron chi connectivity index (χ3n) is 4.24. The van der Waals surface area contributed by atoms with Gasteiger partial charge in [0.15, 0.2) is 16.2 Å². The van der Waals surface area contributed by atoms with Crippen LogP contribution in [-0.2, 0) is 27.7 Å². The highest BCUT2D eigenvalue weighted by molar-refractivity contribution is 7.97. The SMILES string of the molecule is COc1ccc(-n2nc3n(c2=O)CCN([S+](=O)([O-])c2cccs2)C3)cc1. The summed E-state index contributed by atoms with van der Waals surface area (Å²) in [7, 11) is -2.00. The molecule has 0 amide bonds. The van der Waals surface area contributed by atoms with Gasteiger partial charge in [-0.2, -0.15) is 4.68 Å². The minimum Gasteiger partial charge on any atom is -0.592 e. The molecule has 10 heteroatoms. The van der Waals surface area contributed by atoms with E-state index < -0.39 is 10.4 Å². The molecule has 1 atom stereocenters. The third-order valence-corrected chi connectivity index (χ3v) is 7.45. The molecule has 0 fully saturated rings. The molecule has 0 spiro atoms. The number of nitrogens with zero attached hydrogens (tertiary/aromatic N) is 4. The van der Waals surface area contributed by atoms with Gasteiger partial charge in [-0.25, -0.2) is 4.79 Å². The molecule has 2 aromatic heterocycles. The second kappa shape index (κ2) is 6.47. The molecular formula is C16H16N4O4S2. The van der Waals surface area contributed by atoms with Crippen molar-refractivity contribution in [2.24, 2.45) is 0 Å². The predicted octanol–water partition coefficient (Wildman–Crippen LogP) is 1.52. The summed E-state index contributed by atoms with van der Waals surface area (Å²) in [4.78, 5) is 12.6. The number of thiophene rings is 1. The number of ether oxygens (including phenoxy) is 1. The third kappa shape index (κ3) is 2.80. The average Bonchev–Trinajstić information content (AvgIpc) is 3.31. The van der Waals surface area contributed by atoms with Crippen LogP contribution < -0.4 is 10.4 Å². The van der Waals surface area contributed by atoms with Gasteiger partial charge in [-0.1, -0.05) is 15.5 Å². The topological polar surface area (TPSA) is 92.4 Å². The van der Waals surface area contributed by atoms with E-state index in [1.165, 1.54) is 24.9 Å². The van der Waals surface area contributed by atoms with Crippen molar-refractivity contribution in [3.8, 4) is 11.4 Å². The highest BCUT2D eigenvalue weighted by Crippen LogP contribution is 2.28. The Morgan fingerprint density at radius 1 is 1.23 bits per heavy atom. The maximum absolute atomic E-state index is 12.7. The van der Waals surface area contributed by atoms with Crippen LogP contribution in [-0.4, -0.2) is 36.9 Å². The fourth-order valence-corrected chi connectivity index (χ4v) is 5.39. The summed E-state index contributed by atoms with van der Waals surface area (Å²) in [5.74, 6) is 1.11. The summed E-state index contributed by atoms with van der Waals surface area (Å²) < 4.78 is 35.0. The summed E-state index contributed by atoms with van der Waals surface area (Å²) in [6.45, 7) is 0.578. The number of hydrogen-bond acceptors (Lipinski definition) is 6. The largest absolute Gasteiger partial charge is 0.592 e. The highest BCUT2D eigenvalue weighted by Gasteiger charge is 2.36. The molecule has 26 heavy (non-hydrogen) atoms. The molecule has 0 saturated carbocycles. The number of aromatic nitrogens is 3. The first kappa shape index (κ1) is 17.2. The van der Waals surface area contributed by atoms with Crippen molar-refractivity contribution in [3.63, 3.8) is 0 Å². The van der Waals surface area contributed by atoms with Gasteiger partial charge in [-0.05, 0) is 35.7 Å². The van der Waals surface area contributed by atoms with E-state index in [4.69, 9.17) is 4.74 Å². The second-order valence-electron chi connectivity index (χ2n) is 5.73. The first-order chi connectivity index (χ1) is 12.5. The molecule has 1 unspecified atom stereocenters. The van der Waals surface area contributed by atoms with E-state index in [1.54, 1.807) is 48.9 Å². The standard InChI is InChI=1S/C16H16N4O4S2/c1-24-13-6-4-12(5-7-13)20-16(21)19-9-8-18(11-14(19)17-20)26(22,23)15-3-2-10-25-15/h2-7,10H,8-9,11H2,1H3. The Morgan fingerprint density at radius 3 is 2.65 bits per heavy atom. The molecule has 0 saturated heterocycles. The lowest BCUT2D eigenvalue weighted by Crippen LogP contribution is -2.43. The van der Waals surface area contributed by atoms with Gasteiger partial charge in [0.05, 0.1) is 19.3 Å². The monoisotopic (exact) mass is 392 g/mol. The first-order valence-corrected chi connectivity index (χ1v) is 10.2. The molecular weight excluding hydrogens is 376 g/mol. The molecule has 4 rings (SSSR count). The summed E-state index contributed by atoms with van der Waals surface area (Å²) in [5, 5.41) is 6.07.